The number of carbonyl (C=O) groups excluding carboxylic acids is 4. The van der Waals surface area contributed by atoms with E-state index in [-0.39, 0.29) is 25.7 Å². The summed E-state index contributed by atoms with van der Waals surface area (Å²) >= 11 is 0. The maximum Gasteiger partial charge on any atom is 0.472 e. The summed E-state index contributed by atoms with van der Waals surface area (Å²) < 4.78 is 68.5. The van der Waals surface area contributed by atoms with Gasteiger partial charge in [-0.25, -0.2) is 9.13 Å². The minimum Gasteiger partial charge on any atom is -0.462 e. The van der Waals surface area contributed by atoms with E-state index in [1.165, 1.54) is 19.3 Å². The van der Waals surface area contributed by atoms with E-state index < -0.39 is 97.5 Å². The van der Waals surface area contributed by atoms with Crippen LogP contribution in [0.5, 0.6) is 0 Å². The third-order valence-electron chi connectivity index (χ3n) is 16.1. The molecular formula is C87H142O17P2. The Morgan fingerprint density at radius 2 is 0.528 bits per heavy atom. The molecule has 0 fully saturated rings. The van der Waals surface area contributed by atoms with Gasteiger partial charge in [-0.15, -0.1) is 0 Å². The molecule has 602 valence electrons. The van der Waals surface area contributed by atoms with E-state index in [1.54, 1.807) is 0 Å². The molecule has 0 aliphatic carbocycles. The Kier molecular flexibility index (Phi) is 73.5. The number of allylic oxidation sites excluding steroid dienone is 28. The van der Waals surface area contributed by atoms with E-state index in [0.717, 1.165) is 193 Å². The summed E-state index contributed by atoms with van der Waals surface area (Å²) in [4.78, 5) is 73.0. The molecule has 0 aromatic heterocycles. The molecule has 3 N–H and O–H groups in total. The molecular weight excluding hydrogens is 1380 g/mol. The van der Waals surface area contributed by atoms with Crippen molar-refractivity contribution in [2.45, 2.75) is 316 Å². The molecule has 0 bridgehead atoms. The lowest BCUT2D eigenvalue weighted by molar-refractivity contribution is -0.161. The van der Waals surface area contributed by atoms with Gasteiger partial charge in [0.1, 0.15) is 19.3 Å². The van der Waals surface area contributed by atoms with Gasteiger partial charge in [0, 0.05) is 25.7 Å². The molecule has 17 nitrogen and oxygen atoms in total. The van der Waals surface area contributed by atoms with Crippen molar-refractivity contribution >= 4 is 39.5 Å². The van der Waals surface area contributed by atoms with E-state index in [4.69, 9.17) is 37.0 Å². The lowest BCUT2D eigenvalue weighted by atomic mass is 10.1. The summed E-state index contributed by atoms with van der Waals surface area (Å²) in [5.74, 6) is -2.33. The van der Waals surface area contributed by atoms with Gasteiger partial charge in [-0.2, -0.15) is 0 Å². The Labute approximate surface area is 642 Å². The maximum atomic E-state index is 13.1. The summed E-state index contributed by atoms with van der Waals surface area (Å²) in [7, 11) is -10.0. The first-order valence-electron chi connectivity index (χ1n) is 40.4. The van der Waals surface area contributed by atoms with Crippen molar-refractivity contribution in [1.29, 1.82) is 0 Å². The zero-order valence-electron chi connectivity index (χ0n) is 65.8. The maximum absolute atomic E-state index is 13.1. The van der Waals surface area contributed by atoms with Crippen LogP contribution in [0, 0.1) is 0 Å². The van der Waals surface area contributed by atoms with Crippen LogP contribution in [0.3, 0.4) is 0 Å². The first kappa shape index (κ1) is 100. The van der Waals surface area contributed by atoms with Gasteiger partial charge in [-0.1, -0.05) is 281 Å². The van der Waals surface area contributed by atoms with Gasteiger partial charge < -0.3 is 33.8 Å². The predicted octanol–water partition coefficient (Wildman–Crippen LogP) is 23.8. The quantitative estimate of drug-likeness (QED) is 0.0169. The van der Waals surface area contributed by atoms with Gasteiger partial charge in [0.2, 0.25) is 0 Å². The van der Waals surface area contributed by atoms with Crippen molar-refractivity contribution in [3.8, 4) is 0 Å². The Hall–Kier alpha value is -5.58. The normalized spacial score (nSPS) is 14.7. The second-order valence-corrected chi connectivity index (χ2v) is 29.1. The Morgan fingerprint density at radius 1 is 0.274 bits per heavy atom. The number of aliphatic hydroxyl groups is 1. The molecule has 19 heteroatoms. The van der Waals surface area contributed by atoms with Crippen molar-refractivity contribution in [2.75, 3.05) is 39.6 Å². The summed E-state index contributed by atoms with van der Waals surface area (Å²) in [5.41, 5.74) is 0. The molecule has 106 heavy (non-hydrogen) atoms. The molecule has 0 spiro atoms. The lowest BCUT2D eigenvalue weighted by Crippen LogP contribution is -2.30. The van der Waals surface area contributed by atoms with Crippen LogP contribution < -0.4 is 0 Å². The highest BCUT2D eigenvalue weighted by molar-refractivity contribution is 7.47. The van der Waals surface area contributed by atoms with Gasteiger partial charge in [-0.05, 0) is 161 Å². The summed E-state index contributed by atoms with van der Waals surface area (Å²) in [6, 6.07) is 0. The fraction of sp³-hybridized carbons (Fsp3) is 0.632. The largest absolute Gasteiger partial charge is 0.472 e. The van der Waals surface area contributed by atoms with Gasteiger partial charge in [-0.3, -0.25) is 37.3 Å². The van der Waals surface area contributed by atoms with Crippen molar-refractivity contribution in [1.82, 2.24) is 0 Å². The second-order valence-electron chi connectivity index (χ2n) is 26.2. The summed E-state index contributed by atoms with van der Waals surface area (Å²) in [5, 5.41) is 10.6. The fourth-order valence-electron chi connectivity index (χ4n) is 10.1. The van der Waals surface area contributed by atoms with Crippen molar-refractivity contribution in [2.24, 2.45) is 0 Å². The van der Waals surface area contributed by atoms with Crippen LogP contribution >= 0.6 is 15.6 Å². The van der Waals surface area contributed by atoms with Crippen LogP contribution in [0.25, 0.3) is 0 Å². The average Bonchev–Trinajstić information content (AvgIpc) is 0.901. The number of unbranched alkanes of at least 4 members (excludes halogenated alkanes) is 20. The molecule has 0 amide bonds. The van der Waals surface area contributed by atoms with Gasteiger partial charge in [0.15, 0.2) is 12.2 Å². The number of hydrogen-bond acceptors (Lipinski definition) is 15. The van der Waals surface area contributed by atoms with Crippen LogP contribution in [-0.4, -0.2) is 96.7 Å². The third-order valence-corrected chi connectivity index (χ3v) is 18.0. The lowest BCUT2D eigenvalue weighted by Gasteiger charge is -2.21. The molecule has 0 aliphatic heterocycles. The van der Waals surface area contributed by atoms with Crippen LogP contribution in [0.1, 0.15) is 297 Å². The molecule has 5 atom stereocenters. The Bertz CT molecular complexity index is 2680. The molecule has 0 saturated heterocycles. The monoisotopic (exact) mass is 1520 g/mol. The molecule has 5 unspecified atom stereocenters. The number of carbonyl (C=O) groups is 4. The molecule has 0 rings (SSSR count). The SMILES string of the molecule is CC/C=C\C/C=C\C/C=C\C/C=C\C/C=C\C/C=C\CCC(=O)OCC(COP(=O)(O)OCC(O)COP(=O)(O)OCC(COC(=O)CCCCCCCC/C=C\C/C=C\C/C=C\CCCCC)OC(=O)CCCCCCC/C=C\C/C=C\C/C=C\CC)OC(=O)CCCCCCC/C=C\C/C=C\CCC. The smallest absolute Gasteiger partial charge is 0.462 e. The molecule has 0 aliphatic rings. The Balaban J connectivity index is 5.45. The van der Waals surface area contributed by atoms with E-state index in [0.29, 0.717) is 32.1 Å². The minimum absolute atomic E-state index is 0.0272. The standard InChI is InChI=1S/C87H142O17P2/c1-5-9-13-17-21-25-29-33-36-38-40-42-45-48-51-55-59-63-67-71-84(89)97-77-82(103-86(91)73-69-65-61-57-53-47-32-28-24-20-16-12-8-4)79-101-105(93,94)99-75-81(88)76-100-106(95,96)102-80-83(104-87(92)74-70-66-62-58-54-50-44-35-31-27-23-19-15-11-7-3)78-98-85(90)72-68-64-60-56-52-49-46-43-41-39-37-34-30-26-22-18-14-10-6-2/h9,11,13,15-16,20-23,25-28,32-37,40-44,48,51,59,63,81-83,88H,5-8,10,12,14,17-19,24,29-31,38-39,45-47,49-50,52-58,60-62,64-80H2,1-4H3,(H,93,94)(H,95,96)/b13-9-,15-11-,20-16-,25-21-,26-22-,27-23-,32-28-,36-33-,37-34-,42-40-,43-41-,44-35-,51-48-,63-59-. The van der Waals surface area contributed by atoms with E-state index in [1.807, 2.05) is 18.2 Å². The van der Waals surface area contributed by atoms with Crippen molar-refractivity contribution in [3.63, 3.8) is 0 Å². The number of hydrogen-bond donors (Lipinski definition) is 3. The zero-order chi connectivity index (χ0) is 77.4. The third kappa shape index (κ3) is 76.6. The summed E-state index contributed by atoms with van der Waals surface area (Å²) in [6.07, 6.45) is 92.0. The molecule has 0 heterocycles. The first-order chi connectivity index (χ1) is 51.7. The second kappa shape index (κ2) is 77.6. The number of phosphoric acid groups is 2. The van der Waals surface area contributed by atoms with Crippen molar-refractivity contribution in [3.05, 3.63) is 170 Å². The fourth-order valence-corrected chi connectivity index (χ4v) is 11.6. The van der Waals surface area contributed by atoms with E-state index >= 15 is 0 Å². The topological polar surface area (TPSA) is 237 Å². The number of phosphoric ester groups is 2. The summed E-state index contributed by atoms with van der Waals surface area (Å²) in [6.45, 7) is 4.41. The van der Waals surface area contributed by atoms with Crippen LogP contribution in [0.2, 0.25) is 0 Å². The number of ether oxygens (including phenoxy) is 4. The van der Waals surface area contributed by atoms with Gasteiger partial charge in [0.05, 0.1) is 26.4 Å². The molecule has 0 saturated carbocycles. The van der Waals surface area contributed by atoms with Gasteiger partial charge >= 0.3 is 39.5 Å². The Morgan fingerprint density at radius 3 is 0.849 bits per heavy atom. The zero-order valence-corrected chi connectivity index (χ0v) is 67.6. The molecule has 0 radical (unpaired) electrons. The van der Waals surface area contributed by atoms with Crippen LogP contribution in [0.4, 0.5) is 0 Å². The van der Waals surface area contributed by atoms with E-state index in [2.05, 4.69) is 180 Å². The highest BCUT2D eigenvalue weighted by atomic mass is 31.2. The number of rotatable bonds is 74. The predicted molar refractivity (Wildman–Crippen MR) is 436 cm³/mol. The highest BCUT2D eigenvalue weighted by Gasteiger charge is 2.30. The highest BCUT2D eigenvalue weighted by Crippen LogP contribution is 2.45. The molecule has 0 aromatic carbocycles. The number of esters is 4. The number of aliphatic hydroxyl groups excluding tert-OH is 1. The van der Waals surface area contributed by atoms with Crippen LogP contribution in [0.15, 0.2) is 170 Å². The minimum atomic E-state index is -5.01. The average molecular weight is 1520 g/mol. The van der Waals surface area contributed by atoms with Crippen LogP contribution in [-0.2, 0) is 65.4 Å². The van der Waals surface area contributed by atoms with E-state index in [9.17, 15) is 43.2 Å². The van der Waals surface area contributed by atoms with Gasteiger partial charge in [0.25, 0.3) is 0 Å². The first-order valence-corrected chi connectivity index (χ1v) is 43.4. The molecule has 0 aromatic rings. The van der Waals surface area contributed by atoms with Crippen molar-refractivity contribution < 1.29 is 80.2 Å².